The second kappa shape index (κ2) is 6.24. The number of benzene rings is 1. The number of amides is 1. The Morgan fingerprint density at radius 2 is 2.14 bits per heavy atom. The number of aliphatic hydroxyl groups is 1. The number of rotatable bonds is 5. The van der Waals surface area contributed by atoms with Gasteiger partial charge in [-0.1, -0.05) is 35.0 Å². The van der Waals surface area contributed by atoms with Crippen LogP contribution >= 0.6 is 11.6 Å². The zero-order valence-electron chi connectivity index (χ0n) is 11.9. The second-order valence-electron chi connectivity index (χ2n) is 5.23. The van der Waals surface area contributed by atoms with Gasteiger partial charge in [-0.25, -0.2) is 4.68 Å². The fraction of sp³-hybridized carbons (Fsp3) is 0.357. The third kappa shape index (κ3) is 4.27. The lowest BCUT2D eigenvalue weighted by atomic mass is 10.1. The van der Waals surface area contributed by atoms with E-state index in [-0.39, 0.29) is 12.5 Å². The van der Waals surface area contributed by atoms with Crippen LogP contribution in [0.15, 0.2) is 30.5 Å². The summed E-state index contributed by atoms with van der Waals surface area (Å²) >= 11 is 6.01. The summed E-state index contributed by atoms with van der Waals surface area (Å²) in [7, 11) is 0. The third-order valence-electron chi connectivity index (χ3n) is 2.90. The van der Waals surface area contributed by atoms with Crippen LogP contribution in [-0.2, 0) is 23.5 Å². The van der Waals surface area contributed by atoms with Gasteiger partial charge in [-0.3, -0.25) is 4.79 Å². The molecule has 1 heterocycles. The summed E-state index contributed by atoms with van der Waals surface area (Å²) in [5.74, 6) is -0.206. The average molecular weight is 309 g/mol. The first-order chi connectivity index (χ1) is 9.86. The quantitative estimate of drug-likeness (QED) is 0.876. The van der Waals surface area contributed by atoms with Crippen LogP contribution in [0, 0.1) is 0 Å². The minimum Gasteiger partial charge on any atom is -0.384 e. The molecule has 1 amide bonds. The standard InChI is InChI=1S/C14H17ClN4O2/c1-14(2,21)12-8-19(18-17-12)9-13(20)16-7-10-5-3-4-6-11(10)15/h3-6,8,21H,7,9H2,1-2H3,(H,16,20). The van der Waals surface area contributed by atoms with Gasteiger partial charge in [-0.2, -0.15) is 0 Å². The minimum absolute atomic E-state index is 0.0353. The van der Waals surface area contributed by atoms with E-state index in [1.54, 1.807) is 26.1 Å². The number of nitrogens with zero attached hydrogens (tertiary/aromatic N) is 3. The van der Waals surface area contributed by atoms with E-state index < -0.39 is 5.60 Å². The third-order valence-corrected chi connectivity index (χ3v) is 3.27. The van der Waals surface area contributed by atoms with Gasteiger partial charge in [0.25, 0.3) is 0 Å². The predicted octanol–water partition coefficient (Wildman–Crippen LogP) is 1.48. The van der Waals surface area contributed by atoms with Gasteiger partial charge in [-0.05, 0) is 25.5 Å². The lowest BCUT2D eigenvalue weighted by molar-refractivity contribution is -0.122. The highest BCUT2D eigenvalue weighted by Gasteiger charge is 2.20. The topological polar surface area (TPSA) is 80.0 Å². The normalized spacial score (nSPS) is 11.4. The molecule has 0 radical (unpaired) electrons. The Morgan fingerprint density at radius 3 is 2.76 bits per heavy atom. The van der Waals surface area contributed by atoms with E-state index in [0.717, 1.165) is 5.56 Å². The molecule has 1 aromatic carbocycles. The molecule has 0 fully saturated rings. The minimum atomic E-state index is -1.08. The Kier molecular flexibility index (Phi) is 4.59. The number of aromatic nitrogens is 3. The lowest BCUT2D eigenvalue weighted by Gasteiger charge is -2.11. The van der Waals surface area contributed by atoms with Crippen LogP contribution < -0.4 is 5.32 Å². The monoisotopic (exact) mass is 308 g/mol. The molecule has 0 unspecified atom stereocenters. The number of carbonyl (C=O) groups excluding carboxylic acids is 1. The molecule has 0 saturated heterocycles. The summed E-state index contributed by atoms with van der Waals surface area (Å²) in [4.78, 5) is 11.9. The zero-order valence-corrected chi connectivity index (χ0v) is 12.6. The number of hydrogen-bond acceptors (Lipinski definition) is 4. The summed E-state index contributed by atoms with van der Waals surface area (Å²) in [5, 5.41) is 20.8. The molecule has 112 valence electrons. The van der Waals surface area contributed by atoms with Gasteiger partial charge in [0.1, 0.15) is 17.8 Å². The van der Waals surface area contributed by atoms with Gasteiger partial charge in [0.15, 0.2) is 0 Å². The molecule has 21 heavy (non-hydrogen) atoms. The molecule has 2 N–H and O–H groups in total. The Labute approximate surface area is 127 Å². The van der Waals surface area contributed by atoms with E-state index in [0.29, 0.717) is 17.3 Å². The van der Waals surface area contributed by atoms with E-state index in [4.69, 9.17) is 11.6 Å². The number of carbonyl (C=O) groups is 1. The first-order valence-electron chi connectivity index (χ1n) is 6.49. The molecule has 0 atom stereocenters. The van der Waals surface area contributed by atoms with Crippen LogP contribution in [0.5, 0.6) is 0 Å². The van der Waals surface area contributed by atoms with Gasteiger partial charge in [0.2, 0.25) is 5.91 Å². The number of halogens is 1. The number of nitrogens with one attached hydrogen (secondary N) is 1. The molecule has 0 saturated carbocycles. The van der Waals surface area contributed by atoms with Crippen molar-refractivity contribution in [3.63, 3.8) is 0 Å². The fourth-order valence-electron chi connectivity index (χ4n) is 1.69. The van der Waals surface area contributed by atoms with Crippen molar-refractivity contribution >= 4 is 17.5 Å². The van der Waals surface area contributed by atoms with Gasteiger partial charge < -0.3 is 10.4 Å². The van der Waals surface area contributed by atoms with Crippen molar-refractivity contribution in [2.75, 3.05) is 0 Å². The van der Waals surface area contributed by atoms with Crippen molar-refractivity contribution in [1.29, 1.82) is 0 Å². The lowest BCUT2D eigenvalue weighted by Crippen LogP contribution is -2.27. The van der Waals surface area contributed by atoms with E-state index in [2.05, 4.69) is 15.6 Å². The Balaban J connectivity index is 1.90. The first-order valence-corrected chi connectivity index (χ1v) is 6.87. The highest BCUT2D eigenvalue weighted by molar-refractivity contribution is 6.31. The van der Waals surface area contributed by atoms with Crippen molar-refractivity contribution in [1.82, 2.24) is 20.3 Å². The first kappa shape index (κ1) is 15.5. The van der Waals surface area contributed by atoms with Crippen LogP contribution in [0.1, 0.15) is 25.1 Å². The van der Waals surface area contributed by atoms with Crippen LogP contribution in [0.3, 0.4) is 0 Å². The van der Waals surface area contributed by atoms with Crippen molar-refractivity contribution in [2.45, 2.75) is 32.5 Å². The zero-order chi connectivity index (χ0) is 15.5. The van der Waals surface area contributed by atoms with Crippen LogP contribution in [-0.4, -0.2) is 26.0 Å². The van der Waals surface area contributed by atoms with Crippen LogP contribution in [0.25, 0.3) is 0 Å². The molecule has 0 bridgehead atoms. The number of hydrogen-bond donors (Lipinski definition) is 2. The smallest absolute Gasteiger partial charge is 0.242 e. The molecule has 0 aliphatic heterocycles. The molecule has 2 aromatic rings. The highest BCUT2D eigenvalue weighted by atomic mass is 35.5. The van der Waals surface area contributed by atoms with Crippen molar-refractivity contribution in [3.8, 4) is 0 Å². The summed E-state index contributed by atoms with van der Waals surface area (Å²) < 4.78 is 1.38. The predicted molar refractivity (Wildman–Crippen MR) is 78.6 cm³/mol. The molecule has 6 nitrogen and oxygen atoms in total. The van der Waals surface area contributed by atoms with Crippen molar-refractivity contribution in [2.24, 2.45) is 0 Å². The van der Waals surface area contributed by atoms with Crippen molar-refractivity contribution < 1.29 is 9.90 Å². The molecular formula is C14H17ClN4O2. The average Bonchev–Trinajstić information content (AvgIpc) is 2.86. The largest absolute Gasteiger partial charge is 0.384 e. The maximum absolute atomic E-state index is 11.9. The Bertz CT molecular complexity index is 634. The molecule has 0 spiro atoms. The van der Waals surface area contributed by atoms with E-state index in [9.17, 15) is 9.90 Å². The molecule has 0 aliphatic carbocycles. The SMILES string of the molecule is CC(C)(O)c1cn(CC(=O)NCc2ccccc2Cl)nn1. The summed E-state index contributed by atoms with van der Waals surface area (Å²) in [6, 6.07) is 7.32. The second-order valence-corrected chi connectivity index (χ2v) is 5.64. The summed E-state index contributed by atoms with van der Waals surface area (Å²) in [6.07, 6.45) is 1.55. The highest BCUT2D eigenvalue weighted by Crippen LogP contribution is 2.16. The van der Waals surface area contributed by atoms with Gasteiger partial charge in [0.05, 0.1) is 6.20 Å². The maximum Gasteiger partial charge on any atom is 0.242 e. The summed E-state index contributed by atoms with van der Waals surface area (Å²) in [6.45, 7) is 3.61. The van der Waals surface area contributed by atoms with E-state index >= 15 is 0 Å². The van der Waals surface area contributed by atoms with Gasteiger partial charge in [-0.15, -0.1) is 5.10 Å². The molecule has 0 aliphatic rings. The van der Waals surface area contributed by atoms with Gasteiger partial charge in [0, 0.05) is 11.6 Å². The Hall–Kier alpha value is -1.92. The fourth-order valence-corrected chi connectivity index (χ4v) is 1.90. The molecule has 2 rings (SSSR count). The van der Waals surface area contributed by atoms with Crippen LogP contribution in [0.4, 0.5) is 0 Å². The molecule has 7 heteroatoms. The van der Waals surface area contributed by atoms with E-state index in [1.807, 2.05) is 18.2 Å². The van der Waals surface area contributed by atoms with E-state index in [1.165, 1.54) is 4.68 Å². The van der Waals surface area contributed by atoms with Crippen molar-refractivity contribution in [3.05, 3.63) is 46.7 Å². The molecular weight excluding hydrogens is 292 g/mol. The Morgan fingerprint density at radius 1 is 1.43 bits per heavy atom. The van der Waals surface area contributed by atoms with Crippen LogP contribution in [0.2, 0.25) is 5.02 Å². The maximum atomic E-state index is 11.9. The summed E-state index contributed by atoms with van der Waals surface area (Å²) in [5.41, 5.74) is 0.191. The van der Waals surface area contributed by atoms with Gasteiger partial charge >= 0.3 is 0 Å². The molecule has 1 aromatic heterocycles.